The van der Waals surface area contributed by atoms with Crippen molar-refractivity contribution in [3.05, 3.63) is 23.9 Å². The molecule has 0 saturated carbocycles. The molecule has 0 saturated heterocycles. The van der Waals surface area contributed by atoms with Crippen LogP contribution in [0.4, 0.5) is 0 Å². The van der Waals surface area contributed by atoms with Gasteiger partial charge < -0.3 is 4.74 Å². The Morgan fingerprint density at radius 3 is 3.08 bits per heavy atom. The van der Waals surface area contributed by atoms with Crippen molar-refractivity contribution in [2.75, 3.05) is 7.11 Å². The van der Waals surface area contributed by atoms with E-state index in [0.717, 1.165) is 10.9 Å². The zero-order chi connectivity index (χ0) is 9.26. The van der Waals surface area contributed by atoms with Gasteiger partial charge >= 0.3 is 0 Å². The van der Waals surface area contributed by atoms with Gasteiger partial charge in [-0.3, -0.25) is 5.10 Å². The molecular weight excluding hydrogens is 166 g/mol. The van der Waals surface area contributed by atoms with Gasteiger partial charge in [-0.25, -0.2) is 0 Å². The second kappa shape index (κ2) is 2.79. The molecule has 0 unspecified atom stereocenters. The molecule has 64 valence electrons. The Morgan fingerprint density at radius 2 is 2.38 bits per heavy atom. The summed E-state index contributed by atoms with van der Waals surface area (Å²) in [5, 5.41) is 16.4. The first-order chi connectivity index (χ1) is 6.36. The Kier molecular flexibility index (Phi) is 1.64. The van der Waals surface area contributed by atoms with Crippen LogP contribution in [-0.4, -0.2) is 17.3 Å². The van der Waals surface area contributed by atoms with Crippen molar-refractivity contribution in [2.45, 2.75) is 0 Å². The minimum Gasteiger partial charge on any atom is -0.493 e. The number of nitrogens with one attached hydrogen (secondary N) is 1. The fourth-order valence-electron chi connectivity index (χ4n) is 1.29. The number of methoxy groups -OCH3 is 1. The van der Waals surface area contributed by atoms with Crippen LogP contribution in [0.25, 0.3) is 10.9 Å². The zero-order valence-corrected chi connectivity index (χ0v) is 7.03. The van der Waals surface area contributed by atoms with Crippen LogP contribution in [0.5, 0.6) is 5.75 Å². The third-order valence-electron chi connectivity index (χ3n) is 1.89. The molecule has 2 aromatic rings. The average molecular weight is 173 g/mol. The number of nitrogens with zero attached hydrogens (tertiary/aromatic N) is 2. The topological polar surface area (TPSA) is 61.7 Å². The van der Waals surface area contributed by atoms with Crippen LogP contribution in [0, 0.1) is 11.3 Å². The van der Waals surface area contributed by atoms with E-state index in [2.05, 4.69) is 16.3 Å². The molecule has 0 radical (unpaired) electrons. The van der Waals surface area contributed by atoms with E-state index in [9.17, 15) is 0 Å². The Bertz CT molecular complexity index is 481. The lowest BCUT2D eigenvalue weighted by molar-refractivity contribution is 0.417. The van der Waals surface area contributed by atoms with Crippen molar-refractivity contribution in [1.29, 1.82) is 5.26 Å². The number of rotatable bonds is 1. The Morgan fingerprint density at radius 1 is 1.54 bits per heavy atom. The van der Waals surface area contributed by atoms with Gasteiger partial charge in [-0.1, -0.05) is 0 Å². The van der Waals surface area contributed by atoms with Crippen molar-refractivity contribution < 1.29 is 4.74 Å². The fourth-order valence-corrected chi connectivity index (χ4v) is 1.29. The maximum Gasteiger partial charge on any atom is 0.162 e. The third-order valence-corrected chi connectivity index (χ3v) is 1.89. The zero-order valence-electron chi connectivity index (χ0n) is 7.03. The summed E-state index contributed by atoms with van der Waals surface area (Å²) in [5.41, 5.74) is 1.28. The van der Waals surface area contributed by atoms with Gasteiger partial charge in [0.1, 0.15) is 11.6 Å². The van der Waals surface area contributed by atoms with E-state index in [-0.39, 0.29) is 0 Å². The standard InChI is InChI=1S/C9H7N3O/c1-13-9-6(4-10)2-3-7-5-11-12-8(7)9/h2-3,5H,1H3,(H,11,12). The molecule has 13 heavy (non-hydrogen) atoms. The molecule has 0 atom stereocenters. The second-order valence-corrected chi connectivity index (χ2v) is 2.59. The fraction of sp³-hybridized carbons (Fsp3) is 0.111. The molecule has 0 bridgehead atoms. The molecule has 4 heteroatoms. The normalized spacial score (nSPS) is 9.85. The minimum atomic E-state index is 0.513. The number of aromatic nitrogens is 2. The third kappa shape index (κ3) is 1.02. The number of hydrogen-bond acceptors (Lipinski definition) is 3. The van der Waals surface area contributed by atoms with E-state index in [1.165, 1.54) is 7.11 Å². The van der Waals surface area contributed by atoms with Gasteiger partial charge in [0.05, 0.1) is 18.9 Å². The highest BCUT2D eigenvalue weighted by Gasteiger charge is 2.08. The second-order valence-electron chi connectivity index (χ2n) is 2.59. The van der Waals surface area contributed by atoms with Gasteiger partial charge in [0, 0.05) is 5.39 Å². The number of nitriles is 1. The lowest BCUT2D eigenvalue weighted by Crippen LogP contribution is -1.88. The molecule has 0 aliphatic heterocycles. The summed E-state index contributed by atoms with van der Waals surface area (Å²) >= 11 is 0. The number of benzene rings is 1. The molecule has 0 aliphatic carbocycles. The molecular formula is C9H7N3O. The van der Waals surface area contributed by atoms with Crippen molar-refractivity contribution in [1.82, 2.24) is 10.2 Å². The van der Waals surface area contributed by atoms with Crippen LogP contribution in [0.3, 0.4) is 0 Å². The molecule has 1 aromatic carbocycles. The molecule has 0 spiro atoms. The summed E-state index contributed by atoms with van der Waals surface area (Å²) in [6.07, 6.45) is 1.69. The Hall–Kier alpha value is -2.02. The van der Waals surface area contributed by atoms with Crippen LogP contribution in [0.15, 0.2) is 18.3 Å². The van der Waals surface area contributed by atoms with Gasteiger partial charge in [-0.2, -0.15) is 10.4 Å². The van der Waals surface area contributed by atoms with E-state index in [1.807, 2.05) is 6.07 Å². The molecule has 0 fully saturated rings. The van der Waals surface area contributed by atoms with Crippen LogP contribution in [-0.2, 0) is 0 Å². The molecule has 0 aliphatic rings. The summed E-state index contributed by atoms with van der Waals surface area (Å²) in [5.74, 6) is 0.553. The molecule has 1 N–H and O–H groups in total. The quantitative estimate of drug-likeness (QED) is 0.709. The monoisotopic (exact) mass is 173 g/mol. The molecule has 2 rings (SSSR count). The first kappa shape index (κ1) is 7.62. The summed E-state index contributed by atoms with van der Waals surface area (Å²) in [7, 11) is 1.54. The van der Waals surface area contributed by atoms with Crippen molar-refractivity contribution >= 4 is 10.9 Å². The van der Waals surface area contributed by atoms with Crippen LogP contribution in [0.1, 0.15) is 5.56 Å². The number of ether oxygens (including phenoxy) is 1. The summed E-state index contributed by atoms with van der Waals surface area (Å²) < 4.78 is 5.11. The van der Waals surface area contributed by atoms with Gasteiger partial charge in [0.2, 0.25) is 0 Å². The van der Waals surface area contributed by atoms with E-state index in [0.29, 0.717) is 11.3 Å². The molecule has 0 amide bonds. The van der Waals surface area contributed by atoms with E-state index in [4.69, 9.17) is 10.00 Å². The highest BCUT2D eigenvalue weighted by atomic mass is 16.5. The highest BCUT2D eigenvalue weighted by molar-refractivity contribution is 5.86. The lowest BCUT2D eigenvalue weighted by atomic mass is 10.1. The maximum atomic E-state index is 8.78. The first-order valence-electron chi connectivity index (χ1n) is 3.77. The van der Waals surface area contributed by atoms with E-state index in [1.54, 1.807) is 12.3 Å². The van der Waals surface area contributed by atoms with Crippen molar-refractivity contribution in [2.24, 2.45) is 0 Å². The summed E-state index contributed by atoms with van der Waals surface area (Å²) in [6, 6.07) is 5.61. The van der Waals surface area contributed by atoms with Crippen LogP contribution >= 0.6 is 0 Å². The van der Waals surface area contributed by atoms with E-state index >= 15 is 0 Å². The van der Waals surface area contributed by atoms with E-state index < -0.39 is 0 Å². The molecule has 1 heterocycles. The SMILES string of the molecule is COc1c(C#N)ccc2cn[nH]c12. The van der Waals surface area contributed by atoms with Gasteiger partial charge in [0.25, 0.3) is 0 Å². The predicted octanol–water partition coefficient (Wildman–Crippen LogP) is 1.44. The van der Waals surface area contributed by atoms with Crippen LogP contribution < -0.4 is 4.74 Å². The van der Waals surface area contributed by atoms with Gasteiger partial charge in [-0.15, -0.1) is 0 Å². The van der Waals surface area contributed by atoms with Gasteiger partial charge in [0.15, 0.2) is 5.75 Å². The Balaban J connectivity index is 2.84. The van der Waals surface area contributed by atoms with Crippen molar-refractivity contribution in [3.8, 4) is 11.8 Å². The predicted molar refractivity (Wildman–Crippen MR) is 47.4 cm³/mol. The number of fused-ring (bicyclic) bond motifs is 1. The smallest absolute Gasteiger partial charge is 0.162 e. The lowest BCUT2D eigenvalue weighted by Gasteiger charge is -2.02. The Labute approximate surface area is 74.7 Å². The maximum absolute atomic E-state index is 8.78. The largest absolute Gasteiger partial charge is 0.493 e. The van der Waals surface area contributed by atoms with Crippen LogP contribution in [0.2, 0.25) is 0 Å². The summed E-state index contributed by atoms with van der Waals surface area (Å²) in [6.45, 7) is 0. The number of aromatic amines is 1. The average Bonchev–Trinajstić information content (AvgIpc) is 2.63. The summed E-state index contributed by atoms with van der Waals surface area (Å²) in [4.78, 5) is 0. The highest BCUT2D eigenvalue weighted by Crippen LogP contribution is 2.26. The molecule has 4 nitrogen and oxygen atoms in total. The minimum absolute atomic E-state index is 0.513. The first-order valence-corrected chi connectivity index (χ1v) is 3.77. The number of hydrogen-bond donors (Lipinski definition) is 1. The molecule has 1 aromatic heterocycles. The number of H-pyrrole nitrogens is 1. The van der Waals surface area contributed by atoms with Gasteiger partial charge in [-0.05, 0) is 12.1 Å². The van der Waals surface area contributed by atoms with Crippen molar-refractivity contribution in [3.63, 3.8) is 0 Å².